The molecule has 0 saturated carbocycles. The van der Waals surface area contributed by atoms with E-state index in [-0.39, 0.29) is 29.9 Å². The summed E-state index contributed by atoms with van der Waals surface area (Å²) in [5, 5.41) is 3.53. The number of nitrogens with one attached hydrogen (secondary N) is 1. The minimum absolute atomic E-state index is 0.198. The van der Waals surface area contributed by atoms with E-state index in [1.807, 2.05) is 73.8 Å². The van der Waals surface area contributed by atoms with E-state index in [1.165, 1.54) is 11.8 Å². The number of esters is 1. The minimum atomic E-state index is -0.505. The standard InChI is InChI=1S/C24H27N3O3S/c1-4-19(18-14-10-7-11-15-18)22(28)25-21-20(23(29)30-5-2)27(24(26-21)31-3)16-17-12-8-6-9-13-17/h6-15,19H,4-5,16H2,1-3H3,(H,25,28). The van der Waals surface area contributed by atoms with Crippen LogP contribution in [0.5, 0.6) is 0 Å². The van der Waals surface area contributed by atoms with Gasteiger partial charge in [-0.05, 0) is 30.7 Å². The lowest BCUT2D eigenvalue weighted by Gasteiger charge is -2.15. The SMILES string of the molecule is CCOC(=O)c1c(NC(=O)C(CC)c2ccccc2)nc(SC)n1Cc1ccccc1. The maximum atomic E-state index is 13.1. The second kappa shape index (κ2) is 10.8. The number of thioether (sulfide) groups is 1. The van der Waals surface area contributed by atoms with Gasteiger partial charge >= 0.3 is 5.97 Å². The summed E-state index contributed by atoms with van der Waals surface area (Å²) >= 11 is 1.42. The summed E-state index contributed by atoms with van der Waals surface area (Å²) in [6.07, 6.45) is 2.52. The maximum absolute atomic E-state index is 13.1. The molecular formula is C24H27N3O3S. The van der Waals surface area contributed by atoms with Gasteiger partial charge in [0.05, 0.1) is 19.1 Å². The highest BCUT2D eigenvalue weighted by molar-refractivity contribution is 7.98. The van der Waals surface area contributed by atoms with Crippen LogP contribution in [0.15, 0.2) is 65.8 Å². The molecule has 1 amide bonds. The predicted molar refractivity (Wildman–Crippen MR) is 124 cm³/mol. The number of amides is 1. The van der Waals surface area contributed by atoms with Gasteiger partial charge in [-0.3, -0.25) is 4.79 Å². The van der Waals surface area contributed by atoms with Crippen LogP contribution in [0.2, 0.25) is 0 Å². The van der Waals surface area contributed by atoms with E-state index in [0.717, 1.165) is 11.1 Å². The summed E-state index contributed by atoms with van der Waals surface area (Å²) in [7, 11) is 0. The summed E-state index contributed by atoms with van der Waals surface area (Å²) in [6, 6.07) is 19.4. The highest BCUT2D eigenvalue weighted by Crippen LogP contribution is 2.28. The van der Waals surface area contributed by atoms with Gasteiger partial charge < -0.3 is 14.6 Å². The average Bonchev–Trinajstić information content (AvgIpc) is 3.12. The zero-order valence-corrected chi connectivity index (χ0v) is 18.8. The van der Waals surface area contributed by atoms with E-state index in [2.05, 4.69) is 10.3 Å². The summed E-state index contributed by atoms with van der Waals surface area (Å²) in [5.74, 6) is -0.808. The van der Waals surface area contributed by atoms with Gasteiger partial charge in [-0.1, -0.05) is 79.3 Å². The van der Waals surface area contributed by atoms with Gasteiger partial charge in [0.15, 0.2) is 16.7 Å². The smallest absolute Gasteiger partial charge is 0.358 e. The number of rotatable bonds is 9. The average molecular weight is 438 g/mol. The molecule has 2 aromatic carbocycles. The number of aromatic nitrogens is 2. The summed E-state index contributed by atoms with van der Waals surface area (Å²) < 4.78 is 7.10. The number of benzene rings is 2. The number of ether oxygens (including phenoxy) is 1. The number of carbonyl (C=O) groups excluding carboxylic acids is 2. The van der Waals surface area contributed by atoms with Crippen molar-refractivity contribution in [3.63, 3.8) is 0 Å². The number of imidazole rings is 1. The molecule has 0 aliphatic heterocycles. The van der Waals surface area contributed by atoms with Crippen LogP contribution < -0.4 is 5.32 Å². The van der Waals surface area contributed by atoms with Crippen LogP contribution in [0.3, 0.4) is 0 Å². The third-order valence-corrected chi connectivity index (χ3v) is 5.61. The second-order valence-electron chi connectivity index (χ2n) is 6.95. The molecule has 3 aromatic rings. The fourth-order valence-electron chi connectivity index (χ4n) is 3.46. The molecule has 1 aromatic heterocycles. The first kappa shape index (κ1) is 22.6. The van der Waals surface area contributed by atoms with Crippen molar-refractivity contribution in [1.82, 2.24) is 9.55 Å². The van der Waals surface area contributed by atoms with Crippen molar-refractivity contribution < 1.29 is 14.3 Å². The summed E-state index contributed by atoms with van der Waals surface area (Å²) in [6.45, 7) is 4.40. The van der Waals surface area contributed by atoms with Crippen molar-refractivity contribution in [2.45, 2.75) is 37.9 Å². The van der Waals surface area contributed by atoms with Crippen LogP contribution in [0, 0.1) is 0 Å². The van der Waals surface area contributed by atoms with Crippen molar-refractivity contribution in [3.05, 3.63) is 77.5 Å². The first-order valence-electron chi connectivity index (χ1n) is 10.3. The van der Waals surface area contributed by atoms with Crippen LogP contribution in [-0.2, 0) is 16.1 Å². The first-order chi connectivity index (χ1) is 15.1. The van der Waals surface area contributed by atoms with Crippen LogP contribution >= 0.6 is 11.8 Å². The normalized spacial score (nSPS) is 11.7. The van der Waals surface area contributed by atoms with Crippen LogP contribution in [0.25, 0.3) is 0 Å². The van der Waals surface area contributed by atoms with E-state index >= 15 is 0 Å². The van der Waals surface area contributed by atoms with E-state index in [4.69, 9.17) is 4.74 Å². The monoisotopic (exact) mass is 437 g/mol. The lowest BCUT2D eigenvalue weighted by Crippen LogP contribution is -2.23. The summed E-state index contributed by atoms with van der Waals surface area (Å²) in [5.41, 5.74) is 2.20. The van der Waals surface area contributed by atoms with Crippen molar-refractivity contribution >= 4 is 29.5 Å². The molecule has 162 valence electrons. The van der Waals surface area contributed by atoms with E-state index in [9.17, 15) is 9.59 Å². The lowest BCUT2D eigenvalue weighted by molar-refractivity contribution is -0.117. The van der Waals surface area contributed by atoms with Gasteiger partial charge in [-0.2, -0.15) is 0 Å². The minimum Gasteiger partial charge on any atom is -0.461 e. The molecule has 1 unspecified atom stereocenters. The molecular weight excluding hydrogens is 410 g/mol. The maximum Gasteiger partial charge on any atom is 0.358 e. The molecule has 0 aliphatic carbocycles. The third kappa shape index (κ3) is 5.35. The Kier molecular flexibility index (Phi) is 7.89. The van der Waals surface area contributed by atoms with E-state index in [0.29, 0.717) is 18.1 Å². The van der Waals surface area contributed by atoms with Gasteiger partial charge in [0, 0.05) is 0 Å². The number of carbonyl (C=O) groups is 2. The first-order valence-corrected chi connectivity index (χ1v) is 11.5. The fraction of sp³-hybridized carbons (Fsp3) is 0.292. The third-order valence-electron chi connectivity index (χ3n) is 4.94. The number of hydrogen-bond acceptors (Lipinski definition) is 5. The Bertz CT molecular complexity index is 1020. The topological polar surface area (TPSA) is 73.2 Å². The van der Waals surface area contributed by atoms with Crippen LogP contribution in [-0.4, -0.2) is 34.3 Å². The zero-order valence-electron chi connectivity index (χ0n) is 18.0. The molecule has 1 atom stereocenters. The van der Waals surface area contributed by atoms with Crippen LogP contribution in [0.1, 0.15) is 47.8 Å². The number of hydrogen-bond donors (Lipinski definition) is 1. The molecule has 0 aliphatic rings. The molecule has 0 radical (unpaired) electrons. The van der Waals surface area contributed by atoms with Gasteiger partial charge in [0.2, 0.25) is 5.91 Å². The molecule has 6 nitrogen and oxygen atoms in total. The molecule has 0 saturated heterocycles. The lowest BCUT2D eigenvalue weighted by atomic mass is 9.96. The molecule has 1 N–H and O–H groups in total. The molecule has 0 bridgehead atoms. The Hall–Kier alpha value is -3.06. The van der Waals surface area contributed by atoms with E-state index in [1.54, 1.807) is 11.5 Å². The molecule has 3 rings (SSSR count). The number of anilines is 1. The van der Waals surface area contributed by atoms with Gasteiger partial charge in [-0.15, -0.1) is 0 Å². The Labute approximate surface area is 187 Å². The van der Waals surface area contributed by atoms with Gasteiger partial charge in [0.25, 0.3) is 0 Å². The Morgan fingerprint density at radius 1 is 1.06 bits per heavy atom. The Morgan fingerprint density at radius 2 is 1.71 bits per heavy atom. The molecule has 0 fully saturated rings. The zero-order chi connectivity index (χ0) is 22.2. The van der Waals surface area contributed by atoms with Crippen LogP contribution in [0.4, 0.5) is 5.82 Å². The van der Waals surface area contributed by atoms with Crippen molar-refractivity contribution in [2.24, 2.45) is 0 Å². The van der Waals surface area contributed by atoms with Crippen molar-refractivity contribution in [3.8, 4) is 0 Å². The Balaban J connectivity index is 1.98. The number of nitrogens with zero attached hydrogens (tertiary/aromatic N) is 2. The second-order valence-corrected chi connectivity index (χ2v) is 7.72. The summed E-state index contributed by atoms with van der Waals surface area (Å²) in [4.78, 5) is 30.5. The predicted octanol–water partition coefficient (Wildman–Crippen LogP) is 4.96. The Morgan fingerprint density at radius 3 is 2.29 bits per heavy atom. The molecule has 31 heavy (non-hydrogen) atoms. The molecule has 1 heterocycles. The molecule has 0 spiro atoms. The fourth-order valence-corrected chi connectivity index (χ4v) is 4.01. The molecule has 7 heteroatoms. The van der Waals surface area contributed by atoms with Crippen molar-refractivity contribution in [2.75, 3.05) is 18.2 Å². The highest BCUT2D eigenvalue weighted by atomic mass is 32.2. The van der Waals surface area contributed by atoms with Gasteiger partial charge in [-0.25, -0.2) is 9.78 Å². The van der Waals surface area contributed by atoms with Crippen molar-refractivity contribution in [1.29, 1.82) is 0 Å². The largest absolute Gasteiger partial charge is 0.461 e. The van der Waals surface area contributed by atoms with E-state index < -0.39 is 5.97 Å². The highest BCUT2D eigenvalue weighted by Gasteiger charge is 2.28. The van der Waals surface area contributed by atoms with Gasteiger partial charge in [0.1, 0.15) is 0 Å². The quantitative estimate of drug-likeness (QED) is 0.378.